The lowest BCUT2D eigenvalue weighted by Crippen LogP contribution is -2.74. The number of hydrogen-bond acceptors (Lipinski definition) is 6. The molecule has 7 heteroatoms. The molecule has 0 N–H and O–H groups in total. The van der Waals surface area contributed by atoms with Gasteiger partial charge in [-0.3, -0.25) is 0 Å². The Labute approximate surface area is 362 Å². The van der Waals surface area contributed by atoms with Crippen molar-refractivity contribution in [2.45, 2.75) is 0 Å². The molecule has 0 spiro atoms. The highest BCUT2D eigenvalue weighted by atomic mass is 28.3. The molecule has 0 amide bonds. The first-order valence-corrected chi connectivity index (χ1v) is 22.7. The van der Waals surface area contributed by atoms with Gasteiger partial charge in [0.05, 0.1) is 17.1 Å². The van der Waals surface area contributed by atoms with Crippen LogP contribution >= 0.6 is 0 Å². The van der Waals surface area contributed by atoms with Crippen molar-refractivity contribution in [3.63, 3.8) is 0 Å². The third-order valence-electron chi connectivity index (χ3n) is 11.1. The molecule has 10 rings (SSSR count). The average molecular weight is 813 g/mol. The van der Waals surface area contributed by atoms with E-state index in [-0.39, 0.29) is 0 Å². The Morgan fingerprint density at radius 1 is 0.274 bits per heavy atom. The first-order valence-electron chi connectivity index (χ1n) is 20.7. The van der Waals surface area contributed by atoms with Crippen molar-refractivity contribution in [2.24, 2.45) is 0 Å². The van der Waals surface area contributed by atoms with Crippen molar-refractivity contribution < 1.29 is 0 Å². The van der Waals surface area contributed by atoms with Gasteiger partial charge in [-0.25, -0.2) is 19.9 Å². The average Bonchev–Trinajstić information content (AvgIpc) is 3.37. The van der Waals surface area contributed by atoms with E-state index in [4.69, 9.17) is 24.9 Å². The van der Waals surface area contributed by atoms with E-state index in [9.17, 15) is 0 Å². The molecule has 10 aromatic rings. The Morgan fingerprint density at radius 3 is 0.952 bits per heavy atom. The number of nitrogens with zero attached hydrogens (tertiary/aromatic N) is 6. The van der Waals surface area contributed by atoms with Crippen molar-refractivity contribution in [3.05, 3.63) is 243 Å². The molecule has 0 atom stereocenters. The third-order valence-corrected chi connectivity index (χ3v) is 15.9. The molecule has 6 nitrogen and oxygen atoms in total. The van der Waals surface area contributed by atoms with E-state index in [1.807, 2.05) is 108 Å². The highest BCUT2D eigenvalue weighted by Gasteiger charge is 2.41. The zero-order chi connectivity index (χ0) is 41.6. The normalized spacial score (nSPS) is 11.2. The Balaban J connectivity index is 1.24. The van der Waals surface area contributed by atoms with Crippen LogP contribution in [-0.4, -0.2) is 33.0 Å². The lowest BCUT2D eigenvalue weighted by molar-refractivity contribution is 0.984. The Kier molecular flexibility index (Phi) is 10.6. The molecule has 0 unspecified atom stereocenters. The minimum atomic E-state index is -2.82. The van der Waals surface area contributed by atoms with Crippen molar-refractivity contribution in [2.75, 3.05) is 4.90 Å². The topological polar surface area (TPSA) is 67.7 Å². The monoisotopic (exact) mass is 812 g/mol. The largest absolute Gasteiger partial charge is 0.247 e. The van der Waals surface area contributed by atoms with Crippen LogP contribution in [-0.2, 0) is 0 Å². The van der Waals surface area contributed by atoms with Crippen LogP contribution in [0.2, 0.25) is 0 Å². The molecule has 2 aromatic heterocycles. The van der Waals surface area contributed by atoms with E-state index in [2.05, 4.69) is 140 Å². The lowest BCUT2D eigenvalue weighted by Gasteiger charge is -2.34. The van der Waals surface area contributed by atoms with Gasteiger partial charge in [0.15, 0.2) is 19.7 Å². The molecule has 62 heavy (non-hydrogen) atoms. The van der Waals surface area contributed by atoms with Crippen molar-refractivity contribution in [1.82, 2.24) is 24.9 Å². The molecule has 2 heterocycles. The quantitative estimate of drug-likeness (QED) is 0.0958. The minimum absolute atomic E-state index is 0.396. The predicted octanol–water partition coefficient (Wildman–Crippen LogP) is 10.2. The van der Waals surface area contributed by atoms with Gasteiger partial charge >= 0.3 is 0 Å². The second-order valence-electron chi connectivity index (χ2n) is 14.9. The van der Waals surface area contributed by atoms with E-state index in [0.717, 1.165) is 39.3 Å². The van der Waals surface area contributed by atoms with Gasteiger partial charge in [-0.05, 0) is 38.9 Å². The summed E-state index contributed by atoms with van der Waals surface area (Å²) in [6.07, 6.45) is 0. The zero-order valence-electron chi connectivity index (χ0n) is 33.8. The van der Waals surface area contributed by atoms with Gasteiger partial charge in [0.25, 0.3) is 0 Å². The van der Waals surface area contributed by atoms with Gasteiger partial charge in [0.2, 0.25) is 11.9 Å². The summed E-state index contributed by atoms with van der Waals surface area (Å²) in [6.45, 7) is 0. The van der Waals surface area contributed by atoms with Gasteiger partial charge < -0.3 is 0 Å². The summed E-state index contributed by atoms with van der Waals surface area (Å²) in [7, 11) is -2.82. The molecular weight excluding hydrogens is 773 g/mol. The van der Waals surface area contributed by atoms with E-state index in [1.165, 1.54) is 20.7 Å². The molecule has 0 saturated carbocycles. The summed E-state index contributed by atoms with van der Waals surface area (Å²) < 4.78 is 0. The highest BCUT2D eigenvalue weighted by molar-refractivity contribution is 7.19. The maximum Gasteiger partial charge on any atom is 0.241 e. The summed E-state index contributed by atoms with van der Waals surface area (Å²) in [5, 5.41) is 5.13. The van der Waals surface area contributed by atoms with E-state index < -0.39 is 8.07 Å². The molecule has 294 valence electrons. The second kappa shape index (κ2) is 17.2. The molecule has 0 aliphatic rings. The fourth-order valence-corrected chi connectivity index (χ4v) is 12.9. The fourth-order valence-electron chi connectivity index (χ4n) is 8.19. The van der Waals surface area contributed by atoms with Crippen molar-refractivity contribution in [3.8, 4) is 45.3 Å². The van der Waals surface area contributed by atoms with E-state index >= 15 is 0 Å². The molecule has 0 bridgehead atoms. The summed E-state index contributed by atoms with van der Waals surface area (Å²) >= 11 is 0. The van der Waals surface area contributed by atoms with Gasteiger partial charge in [-0.1, -0.05) is 224 Å². The number of rotatable bonds is 11. The fraction of sp³-hybridized carbons (Fsp3) is 0. The van der Waals surface area contributed by atoms with Crippen LogP contribution in [0.3, 0.4) is 0 Å². The lowest BCUT2D eigenvalue weighted by atomic mass is 10.1. The standard InChI is InChI=1S/C55H40N6Si/c1-8-22-41(23-9-1)50-40-51(42-24-10-2-11-25-42)57-54(56-50)61(55-59-52(43-26-12-3-13-27-43)58-53(60-55)44-28-14-4-15-29-44)45-36-38-49(39-37-45)62(46-30-16-5-17-31-46,47-32-18-6-19-33-47)48-34-20-7-21-35-48/h1-40H. The van der Waals surface area contributed by atoms with Gasteiger partial charge in [-0.2, -0.15) is 9.97 Å². The predicted molar refractivity (Wildman–Crippen MR) is 255 cm³/mol. The van der Waals surface area contributed by atoms with Crippen LogP contribution in [0.5, 0.6) is 0 Å². The highest BCUT2D eigenvalue weighted by Crippen LogP contribution is 2.35. The van der Waals surface area contributed by atoms with E-state index in [1.54, 1.807) is 0 Å². The summed E-state index contributed by atoms with van der Waals surface area (Å²) in [5.41, 5.74) is 6.05. The number of hydrogen-bond donors (Lipinski definition) is 0. The SMILES string of the molecule is c1ccc(-c2cc(-c3ccccc3)nc(N(c3ccc([Si](c4ccccc4)(c4ccccc4)c4ccccc4)cc3)c3nc(-c4ccccc4)nc(-c4ccccc4)n3)n2)cc1. The first kappa shape index (κ1) is 38.1. The van der Waals surface area contributed by atoms with E-state index in [0.29, 0.717) is 23.5 Å². The molecule has 0 fully saturated rings. The maximum absolute atomic E-state index is 5.32. The Bertz CT molecular complexity index is 2690. The van der Waals surface area contributed by atoms with Gasteiger partial charge in [0.1, 0.15) is 0 Å². The molecule has 0 aliphatic heterocycles. The van der Waals surface area contributed by atoms with Crippen molar-refractivity contribution in [1.29, 1.82) is 0 Å². The number of aromatic nitrogens is 5. The number of anilines is 3. The summed E-state index contributed by atoms with van der Waals surface area (Å²) in [5.74, 6) is 1.91. The molecule has 0 saturated heterocycles. The molecular formula is C55H40N6Si. The molecule has 0 radical (unpaired) electrons. The van der Waals surface area contributed by atoms with Crippen LogP contribution in [0.25, 0.3) is 45.3 Å². The number of benzene rings is 8. The summed E-state index contributed by atoms with van der Waals surface area (Å²) in [6, 6.07) is 84.3. The van der Waals surface area contributed by atoms with Crippen LogP contribution < -0.4 is 25.6 Å². The van der Waals surface area contributed by atoms with Gasteiger partial charge in [-0.15, -0.1) is 0 Å². The van der Waals surface area contributed by atoms with Crippen molar-refractivity contribution >= 4 is 46.4 Å². The summed E-state index contributed by atoms with van der Waals surface area (Å²) in [4.78, 5) is 28.1. The van der Waals surface area contributed by atoms with Gasteiger partial charge in [0, 0.05) is 22.3 Å². The second-order valence-corrected chi connectivity index (χ2v) is 18.7. The minimum Gasteiger partial charge on any atom is -0.247 e. The van der Waals surface area contributed by atoms with Crippen LogP contribution in [0, 0.1) is 0 Å². The van der Waals surface area contributed by atoms with Crippen LogP contribution in [0.4, 0.5) is 17.6 Å². The zero-order valence-corrected chi connectivity index (χ0v) is 34.8. The molecule has 8 aromatic carbocycles. The smallest absolute Gasteiger partial charge is 0.241 e. The maximum atomic E-state index is 5.32. The Morgan fingerprint density at radius 2 is 0.581 bits per heavy atom. The molecule has 0 aliphatic carbocycles. The van der Waals surface area contributed by atoms with Crippen LogP contribution in [0.15, 0.2) is 243 Å². The first-order chi connectivity index (χ1) is 30.7. The van der Waals surface area contributed by atoms with Crippen LogP contribution in [0.1, 0.15) is 0 Å². The Hall–Kier alpha value is -8.13. The third kappa shape index (κ3) is 7.49.